The number of guanidine groups is 1. The number of halogens is 1. The van der Waals surface area contributed by atoms with Crippen LogP contribution in [0, 0.1) is 5.92 Å². The maximum atomic E-state index is 12.1. The number of likely N-dealkylation sites (tertiary alicyclic amines) is 1. The van der Waals surface area contributed by atoms with Gasteiger partial charge in [-0.15, -0.1) is 24.0 Å². The van der Waals surface area contributed by atoms with Gasteiger partial charge in [0, 0.05) is 39.3 Å². The summed E-state index contributed by atoms with van der Waals surface area (Å²) in [5.74, 6) is 1.61. The molecule has 7 heteroatoms. The molecule has 0 unspecified atom stereocenters. The molecule has 0 aliphatic carbocycles. The number of carbonyl (C=O) groups excluding carboxylic acids is 1. The topological polar surface area (TPSA) is 60.0 Å². The second-order valence-electron chi connectivity index (χ2n) is 7.54. The van der Waals surface area contributed by atoms with Crippen LogP contribution >= 0.6 is 24.0 Å². The van der Waals surface area contributed by atoms with Crippen molar-refractivity contribution in [2.45, 2.75) is 26.2 Å². The van der Waals surface area contributed by atoms with Crippen molar-refractivity contribution < 1.29 is 4.79 Å². The summed E-state index contributed by atoms with van der Waals surface area (Å²) in [4.78, 5) is 20.9. The Morgan fingerprint density at radius 3 is 2.61 bits per heavy atom. The zero-order chi connectivity index (χ0) is 19.6. The largest absolute Gasteiger partial charge is 0.357 e. The molecule has 0 radical (unpaired) electrons. The molecule has 28 heavy (non-hydrogen) atoms. The van der Waals surface area contributed by atoms with E-state index >= 15 is 0 Å². The Labute approximate surface area is 187 Å². The highest BCUT2D eigenvalue weighted by Crippen LogP contribution is 2.15. The molecule has 0 spiro atoms. The van der Waals surface area contributed by atoms with E-state index < -0.39 is 0 Å². The Morgan fingerprint density at radius 1 is 1.25 bits per heavy atom. The van der Waals surface area contributed by atoms with Gasteiger partial charge < -0.3 is 20.4 Å². The number of hydrogen-bond acceptors (Lipinski definition) is 3. The summed E-state index contributed by atoms with van der Waals surface area (Å²) in [5.41, 5.74) is 1.89. The van der Waals surface area contributed by atoms with E-state index in [0.717, 1.165) is 43.1 Å². The number of carbonyl (C=O) groups is 1. The third kappa shape index (κ3) is 8.34. The number of rotatable bonds is 7. The van der Waals surface area contributed by atoms with E-state index in [4.69, 9.17) is 4.99 Å². The lowest BCUT2D eigenvalue weighted by atomic mass is 9.97. The summed E-state index contributed by atoms with van der Waals surface area (Å²) in [7, 11) is 5.74. The van der Waals surface area contributed by atoms with Gasteiger partial charge in [0.1, 0.15) is 0 Å². The number of aliphatic imine (C=N–C) groups is 1. The predicted octanol–water partition coefficient (Wildman–Crippen LogP) is 2.45. The van der Waals surface area contributed by atoms with Crippen LogP contribution in [0.5, 0.6) is 0 Å². The SMILES string of the molecule is CCNC(=NCC1CCN(C)CC1)NCCc1cccc(C(=O)N(C)C)c1.I. The number of benzene rings is 1. The first-order chi connectivity index (χ1) is 13.0. The molecule has 2 N–H and O–H groups in total. The van der Waals surface area contributed by atoms with E-state index in [1.165, 1.54) is 25.9 Å². The number of nitrogens with zero attached hydrogens (tertiary/aromatic N) is 3. The first-order valence-corrected chi connectivity index (χ1v) is 10.0. The molecule has 1 heterocycles. The molecule has 1 aliphatic rings. The van der Waals surface area contributed by atoms with Crippen LogP contribution in [0.2, 0.25) is 0 Å². The Bertz CT molecular complexity index is 627. The lowest BCUT2D eigenvalue weighted by Crippen LogP contribution is -2.39. The number of hydrogen-bond donors (Lipinski definition) is 2. The van der Waals surface area contributed by atoms with Crippen molar-refractivity contribution in [1.29, 1.82) is 0 Å². The normalized spacial score (nSPS) is 15.6. The van der Waals surface area contributed by atoms with Gasteiger partial charge in [0.15, 0.2) is 5.96 Å². The third-order valence-corrected chi connectivity index (χ3v) is 4.98. The lowest BCUT2D eigenvalue weighted by Gasteiger charge is -2.28. The van der Waals surface area contributed by atoms with Crippen LogP contribution in [0.1, 0.15) is 35.7 Å². The van der Waals surface area contributed by atoms with Gasteiger partial charge in [-0.2, -0.15) is 0 Å². The summed E-state index contributed by atoms with van der Waals surface area (Å²) < 4.78 is 0. The summed E-state index contributed by atoms with van der Waals surface area (Å²) in [6, 6.07) is 7.86. The zero-order valence-corrected chi connectivity index (χ0v) is 20.0. The standard InChI is InChI=1S/C21H35N5O.HI/c1-5-22-21(24-16-18-10-13-26(4)14-11-18)23-12-9-17-7-6-8-19(15-17)20(27)25(2)3;/h6-8,15,18H,5,9-14,16H2,1-4H3,(H2,22,23,24);1H. The Morgan fingerprint density at radius 2 is 1.96 bits per heavy atom. The predicted molar refractivity (Wildman–Crippen MR) is 128 cm³/mol. The van der Waals surface area contributed by atoms with Crippen LogP contribution in [0.25, 0.3) is 0 Å². The molecule has 0 aromatic heterocycles. The van der Waals surface area contributed by atoms with E-state index in [0.29, 0.717) is 5.92 Å². The Kier molecular flexibility index (Phi) is 11.4. The van der Waals surface area contributed by atoms with Crippen molar-refractivity contribution in [3.05, 3.63) is 35.4 Å². The van der Waals surface area contributed by atoms with Crippen molar-refractivity contribution in [2.75, 3.05) is 53.9 Å². The lowest BCUT2D eigenvalue weighted by molar-refractivity contribution is 0.0827. The number of nitrogens with one attached hydrogen (secondary N) is 2. The summed E-state index contributed by atoms with van der Waals surface area (Å²) >= 11 is 0. The second kappa shape index (κ2) is 13.0. The minimum Gasteiger partial charge on any atom is -0.357 e. The quantitative estimate of drug-likeness (QED) is 0.343. The first-order valence-electron chi connectivity index (χ1n) is 10.0. The van der Waals surface area contributed by atoms with E-state index in [2.05, 4.69) is 35.6 Å². The molecule has 0 bridgehead atoms. The highest BCUT2D eigenvalue weighted by atomic mass is 127. The maximum Gasteiger partial charge on any atom is 0.253 e. The Hall–Kier alpha value is -1.35. The Balaban J connectivity index is 0.00000392. The summed E-state index contributed by atoms with van der Waals surface area (Å²) in [5, 5.41) is 6.75. The van der Waals surface area contributed by atoms with Gasteiger partial charge in [-0.05, 0) is 69.9 Å². The van der Waals surface area contributed by atoms with Crippen molar-refractivity contribution in [2.24, 2.45) is 10.9 Å². The molecule has 0 atom stereocenters. The van der Waals surface area contributed by atoms with Crippen molar-refractivity contribution in [1.82, 2.24) is 20.4 Å². The molecule has 2 rings (SSSR count). The maximum absolute atomic E-state index is 12.1. The fourth-order valence-electron chi connectivity index (χ4n) is 3.25. The monoisotopic (exact) mass is 501 g/mol. The molecule has 158 valence electrons. The second-order valence-corrected chi connectivity index (χ2v) is 7.54. The molecular weight excluding hydrogens is 465 g/mol. The molecular formula is C21H36IN5O. The van der Waals surface area contributed by atoms with Crippen molar-refractivity contribution in [3.63, 3.8) is 0 Å². The molecule has 1 amide bonds. The van der Waals surface area contributed by atoms with Gasteiger partial charge in [-0.3, -0.25) is 9.79 Å². The van der Waals surface area contributed by atoms with Crippen molar-refractivity contribution in [3.8, 4) is 0 Å². The van der Waals surface area contributed by atoms with Crippen LogP contribution in [-0.4, -0.2) is 75.5 Å². The molecule has 1 fully saturated rings. The molecule has 1 saturated heterocycles. The molecule has 6 nitrogen and oxygen atoms in total. The van der Waals surface area contributed by atoms with Gasteiger partial charge in [-0.25, -0.2) is 0 Å². The van der Waals surface area contributed by atoms with E-state index in [1.54, 1.807) is 19.0 Å². The van der Waals surface area contributed by atoms with E-state index in [1.807, 2.05) is 18.2 Å². The summed E-state index contributed by atoms with van der Waals surface area (Å²) in [6.45, 7) is 6.96. The fraction of sp³-hybridized carbons (Fsp3) is 0.619. The number of amides is 1. The molecule has 0 saturated carbocycles. The summed E-state index contributed by atoms with van der Waals surface area (Å²) in [6.07, 6.45) is 3.31. The smallest absolute Gasteiger partial charge is 0.253 e. The molecule has 1 aromatic rings. The van der Waals surface area contributed by atoms with Gasteiger partial charge in [0.05, 0.1) is 0 Å². The third-order valence-electron chi connectivity index (χ3n) is 4.98. The van der Waals surface area contributed by atoms with Gasteiger partial charge in [-0.1, -0.05) is 12.1 Å². The van der Waals surface area contributed by atoms with Crippen LogP contribution in [0.3, 0.4) is 0 Å². The minimum atomic E-state index is 0. The van der Waals surface area contributed by atoms with Crippen LogP contribution < -0.4 is 10.6 Å². The molecule has 1 aromatic carbocycles. The average Bonchev–Trinajstić information content (AvgIpc) is 2.67. The van der Waals surface area contributed by atoms with Gasteiger partial charge in [0.2, 0.25) is 0 Å². The highest BCUT2D eigenvalue weighted by Gasteiger charge is 2.16. The van der Waals surface area contributed by atoms with Crippen molar-refractivity contribution >= 4 is 35.8 Å². The number of piperidine rings is 1. The van der Waals surface area contributed by atoms with Crippen LogP contribution in [-0.2, 0) is 6.42 Å². The van der Waals surface area contributed by atoms with Crippen LogP contribution in [0.4, 0.5) is 0 Å². The van der Waals surface area contributed by atoms with E-state index in [-0.39, 0.29) is 29.9 Å². The minimum absolute atomic E-state index is 0. The molecule has 1 aliphatic heterocycles. The first kappa shape index (κ1) is 24.7. The van der Waals surface area contributed by atoms with E-state index in [9.17, 15) is 4.79 Å². The van der Waals surface area contributed by atoms with Crippen LogP contribution in [0.15, 0.2) is 29.3 Å². The van der Waals surface area contributed by atoms with Gasteiger partial charge in [0.25, 0.3) is 5.91 Å². The van der Waals surface area contributed by atoms with Gasteiger partial charge >= 0.3 is 0 Å². The highest BCUT2D eigenvalue weighted by molar-refractivity contribution is 14.0. The zero-order valence-electron chi connectivity index (χ0n) is 17.7. The average molecular weight is 501 g/mol. The fourth-order valence-corrected chi connectivity index (χ4v) is 3.25.